The summed E-state index contributed by atoms with van der Waals surface area (Å²) in [6.07, 6.45) is 0.800. The van der Waals surface area contributed by atoms with E-state index in [1.807, 2.05) is 41.5 Å². The summed E-state index contributed by atoms with van der Waals surface area (Å²) in [5.74, 6) is -0.299. The van der Waals surface area contributed by atoms with Crippen molar-refractivity contribution in [1.82, 2.24) is 0 Å². The number of carbonyl (C=O) groups is 1. The van der Waals surface area contributed by atoms with E-state index in [0.717, 1.165) is 6.42 Å². The van der Waals surface area contributed by atoms with Crippen LogP contribution in [0.2, 0.25) is 0 Å². The maximum atomic E-state index is 11.3. The number of carbonyl (C=O) groups excluding carboxylic acids is 1. The van der Waals surface area contributed by atoms with Crippen LogP contribution in [0.5, 0.6) is 0 Å². The van der Waals surface area contributed by atoms with E-state index >= 15 is 0 Å². The average molecular weight is 202 g/mol. The van der Waals surface area contributed by atoms with Crippen LogP contribution >= 0.6 is 0 Å². The Balaban J connectivity index is 3.89. The maximum absolute atomic E-state index is 11.3. The van der Waals surface area contributed by atoms with E-state index in [1.165, 1.54) is 0 Å². The van der Waals surface area contributed by atoms with E-state index in [9.17, 15) is 4.79 Å². The minimum atomic E-state index is -0.391. The second-order valence-corrected chi connectivity index (χ2v) is 4.99. The highest BCUT2D eigenvalue weighted by Crippen LogP contribution is 2.14. The van der Waals surface area contributed by atoms with Gasteiger partial charge in [-0.15, -0.1) is 0 Å². The first-order chi connectivity index (χ1) is 6.16. The first kappa shape index (κ1) is 13.4. The molecule has 0 rings (SSSR count). The Labute approximate surface area is 86.8 Å². The Bertz CT molecular complexity index is 189. The van der Waals surface area contributed by atoms with Gasteiger partial charge in [0.1, 0.15) is 12.2 Å². The summed E-state index contributed by atoms with van der Waals surface area (Å²) in [5, 5.41) is 0. The lowest BCUT2D eigenvalue weighted by Gasteiger charge is -2.25. The van der Waals surface area contributed by atoms with Crippen LogP contribution < -0.4 is 0 Å². The number of esters is 1. The molecule has 0 bridgehead atoms. The molecule has 3 heteroatoms. The first-order valence-corrected chi connectivity index (χ1v) is 5.02. The van der Waals surface area contributed by atoms with E-state index < -0.39 is 5.60 Å². The molecule has 0 unspecified atom stereocenters. The van der Waals surface area contributed by atoms with Gasteiger partial charge in [0.15, 0.2) is 0 Å². The molecule has 0 saturated carbocycles. The highest BCUT2D eigenvalue weighted by Gasteiger charge is 2.21. The number of rotatable bonds is 4. The molecule has 0 heterocycles. The SMILES string of the molecule is CCC(C)(C)OC(=O)COC(C)(C)C. The van der Waals surface area contributed by atoms with Gasteiger partial charge < -0.3 is 9.47 Å². The highest BCUT2D eigenvalue weighted by atomic mass is 16.6. The lowest BCUT2D eigenvalue weighted by Crippen LogP contribution is -2.31. The third-order valence-corrected chi connectivity index (χ3v) is 1.86. The van der Waals surface area contributed by atoms with Crippen LogP contribution in [0.15, 0.2) is 0 Å². The van der Waals surface area contributed by atoms with E-state index in [0.29, 0.717) is 0 Å². The van der Waals surface area contributed by atoms with Crippen LogP contribution in [-0.2, 0) is 14.3 Å². The van der Waals surface area contributed by atoms with Gasteiger partial charge in [0.2, 0.25) is 0 Å². The lowest BCUT2D eigenvalue weighted by atomic mass is 10.1. The zero-order valence-corrected chi connectivity index (χ0v) is 10.1. The number of hydrogen-bond donors (Lipinski definition) is 0. The zero-order chi connectivity index (χ0) is 11.4. The van der Waals surface area contributed by atoms with Crippen LogP contribution in [-0.4, -0.2) is 23.8 Å². The molecule has 0 atom stereocenters. The lowest BCUT2D eigenvalue weighted by molar-refractivity contribution is -0.166. The fourth-order valence-corrected chi connectivity index (χ4v) is 0.685. The van der Waals surface area contributed by atoms with Crippen molar-refractivity contribution >= 4 is 5.97 Å². The van der Waals surface area contributed by atoms with Crippen molar-refractivity contribution in [1.29, 1.82) is 0 Å². The molecule has 0 fully saturated rings. The van der Waals surface area contributed by atoms with Crippen molar-refractivity contribution in [3.63, 3.8) is 0 Å². The van der Waals surface area contributed by atoms with E-state index in [4.69, 9.17) is 9.47 Å². The van der Waals surface area contributed by atoms with Gasteiger partial charge in [0.25, 0.3) is 0 Å². The molecule has 0 aliphatic carbocycles. The topological polar surface area (TPSA) is 35.5 Å². The number of hydrogen-bond acceptors (Lipinski definition) is 3. The summed E-state index contributed by atoms with van der Waals surface area (Å²) in [5.41, 5.74) is -0.687. The van der Waals surface area contributed by atoms with Gasteiger partial charge in [-0.2, -0.15) is 0 Å². The molecule has 0 aliphatic rings. The number of ether oxygens (including phenoxy) is 2. The van der Waals surface area contributed by atoms with Gasteiger partial charge in [-0.25, -0.2) is 4.79 Å². The molecule has 0 spiro atoms. The third-order valence-electron chi connectivity index (χ3n) is 1.86. The Morgan fingerprint density at radius 2 is 1.64 bits per heavy atom. The van der Waals surface area contributed by atoms with Crippen LogP contribution in [0.3, 0.4) is 0 Å². The van der Waals surface area contributed by atoms with Gasteiger partial charge in [-0.3, -0.25) is 0 Å². The molecule has 0 saturated heterocycles. The van der Waals surface area contributed by atoms with Crippen molar-refractivity contribution in [2.45, 2.75) is 59.2 Å². The Morgan fingerprint density at radius 3 is 2.00 bits per heavy atom. The summed E-state index contributed by atoms with van der Waals surface area (Å²) in [6, 6.07) is 0. The van der Waals surface area contributed by atoms with Gasteiger partial charge in [0, 0.05) is 0 Å². The molecular weight excluding hydrogens is 180 g/mol. The summed E-state index contributed by atoms with van der Waals surface area (Å²) >= 11 is 0. The Morgan fingerprint density at radius 1 is 1.14 bits per heavy atom. The van der Waals surface area contributed by atoms with Crippen molar-refractivity contribution < 1.29 is 14.3 Å². The Kier molecular flexibility index (Phi) is 4.59. The molecule has 0 amide bonds. The summed E-state index contributed by atoms with van der Waals surface area (Å²) in [7, 11) is 0. The quantitative estimate of drug-likeness (QED) is 0.657. The zero-order valence-electron chi connectivity index (χ0n) is 10.1. The van der Waals surface area contributed by atoms with Crippen molar-refractivity contribution in [3.8, 4) is 0 Å². The predicted molar refractivity (Wildman–Crippen MR) is 56.2 cm³/mol. The first-order valence-electron chi connectivity index (χ1n) is 5.02. The molecular formula is C11H22O3. The summed E-state index contributed by atoms with van der Waals surface area (Å²) in [6.45, 7) is 11.5. The monoisotopic (exact) mass is 202 g/mol. The van der Waals surface area contributed by atoms with Crippen molar-refractivity contribution in [2.24, 2.45) is 0 Å². The van der Waals surface area contributed by atoms with Crippen LogP contribution in [0, 0.1) is 0 Å². The normalized spacial score (nSPS) is 12.7. The minimum Gasteiger partial charge on any atom is -0.458 e. The minimum absolute atomic E-state index is 0.0208. The van der Waals surface area contributed by atoms with Gasteiger partial charge in [-0.1, -0.05) is 6.92 Å². The largest absolute Gasteiger partial charge is 0.458 e. The van der Waals surface area contributed by atoms with Crippen LogP contribution in [0.1, 0.15) is 48.0 Å². The molecule has 0 aromatic rings. The fourth-order valence-electron chi connectivity index (χ4n) is 0.685. The summed E-state index contributed by atoms with van der Waals surface area (Å²) in [4.78, 5) is 11.3. The second kappa shape index (κ2) is 4.78. The predicted octanol–water partition coefficient (Wildman–Crippen LogP) is 2.53. The molecule has 14 heavy (non-hydrogen) atoms. The van der Waals surface area contributed by atoms with Gasteiger partial charge in [0.05, 0.1) is 5.60 Å². The molecule has 0 aliphatic heterocycles. The van der Waals surface area contributed by atoms with Crippen molar-refractivity contribution in [3.05, 3.63) is 0 Å². The fraction of sp³-hybridized carbons (Fsp3) is 0.909. The molecule has 3 nitrogen and oxygen atoms in total. The van der Waals surface area contributed by atoms with Crippen LogP contribution in [0.4, 0.5) is 0 Å². The Hall–Kier alpha value is -0.570. The average Bonchev–Trinajstić information content (AvgIpc) is 1.99. The molecule has 0 N–H and O–H groups in total. The smallest absolute Gasteiger partial charge is 0.332 e. The highest BCUT2D eigenvalue weighted by molar-refractivity contribution is 5.71. The van der Waals surface area contributed by atoms with Crippen molar-refractivity contribution in [2.75, 3.05) is 6.61 Å². The van der Waals surface area contributed by atoms with Crippen LogP contribution in [0.25, 0.3) is 0 Å². The van der Waals surface area contributed by atoms with E-state index in [-0.39, 0.29) is 18.2 Å². The molecule has 0 aromatic heterocycles. The third kappa shape index (κ3) is 6.89. The standard InChI is InChI=1S/C11H22O3/c1-7-11(5,6)14-9(12)8-13-10(2,3)4/h7-8H2,1-6H3. The second-order valence-electron chi connectivity index (χ2n) is 4.99. The molecule has 0 aromatic carbocycles. The van der Waals surface area contributed by atoms with E-state index in [2.05, 4.69) is 0 Å². The van der Waals surface area contributed by atoms with Gasteiger partial charge >= 0.3 is 5.97 Å². The molecule has 0 radical (unpaired) electrons. The maximum Gasteiger partial charge on any atom is 0.332 e. The van der Waals surface area contributed by atoms with E-state index in [1.54, 1.807) is 0 Å². The van der Waals surface area contributed by atoms with Gasteiger partial charge in [-0.05, 0) is 41.0 Å². The summed E-state index contributed by atoms with van der Waals surface area (Å²) < 4.78 is 10.5. The molecule has 84 valence electrons.